The highest BCUT2D eigenvalue weighted by molar-refractivity contribution is 5.82. The van der Waals surface area contributed by atoms with Gasteiger partial charge in [-0.3, -0.25) is 4.98 Å². The Bertz CT molecular complexity index is 535. The van der Waals surface area contributed by atoms with Crippen LogP contribution in [0.4, 0.5) is 4.39 Å². The minimum Gasteiger partial charge on any atom is -0.310 e. The van der Waals surface area contributed by atoms with Crippen LogP contribution < -0.4 is 5.32 Å². The molecule has 0 bridgehead atoms. The highest BCUT2D eigenvalue weighted by atomic mass is 19.1. The van der Waals surface area contributed by atoms with Gasteiger partial charge in [-0.15, -0.1) is 0 Å². The lowest BCUT2D eigenvalue weighted by Gasteiger charge is -2.11. The van der Waals surface area contributed by atoms with Crippen molar-refractivity contribution in [1.29, 1.82) is 0 Å². The van der Waals surface area contributed by atoms with Gasteiger partial charge in [-0.1, -0.05) is 13.8 Å². The number of benzene rings is 1. The molecule has 0 spiro atoms. The van der Waals surface area contributed by atoms with E-state index in [-0.39, 0.29) is 5.82 Å². The predicted octanol–water partition coefficient (Wildman–Crippen LogP) is 3.18. The maximum atomic E-state index is 13.3. The van der Waals surface area contributed by atoms with E-state index in [1.54, 1.807) is 12.1 Å². The number of hydrogen-bond donors (Lipinski definition) is 1. The third kappa shape index (κ3) is 2.80. The van der Waals surface area contributed by atoms with Crippen molar-refractivity contribution in [2.75, 3.05) is 0 Å². The van der Waals surface area contributed by atoms with Crippen LogP contribution in [-0.4, -0.2) is 11.0 Å². The first-order chi connectivity index (χ1) is 8.06. The van der Waals surface area contributed by atoms with Crippen LogP contribution in [0.2, 0.25) is 0 Å². The Hall–Kier alpha value is -1.48. The lowest BCUT2D eigenvalue weighted by Crippen LogP contribution is -2.22. The van der Waals surface area contributed by atoms with Crippen LogP contribution >= 0.6 is 0 Å². The lowest BCUT2D eigenvalue weighted by atomic mass is 10.1. The Morgan fingerprint density at radius 3 is 2.76 bits per heavy atom. The Morgan fingerprint density at radius 2 is 2.06 bits per heavy atom. The van der Waals surface area contributed by atoms with Crippen molar-refractivity contribution in [3.8, 4) is 0 Å². The molecule has 0 unspecified atom stereocenters. The molecule has 1 heterocycles. The summed E-state index contributed by atoms with van der Waals surface area (Å²) in [5.41, 5.74) is 2.91. The minimum atomic E-state index is -0.214. The van der Waals surface area contributed by atoms with Crippen molar-refractivity contribution in [3.63, 3.8) is 0 Å². The molecule has 2 aromatic rings. The monoisotopic (exact) mass is 232 g/mol. The first-order valence-corrected chi connectivity index (χ1v) is 5.85. The van der Waals surface area contributed by atoms with E-state index in [4.69, 9.17) is 0 Å². The maximum absolute atomic E-state index is 13.3. The Kier molecular flexibility index (Phi) is 3.38. The molecule has 3 heteroatoms. The highest BCUT2D eigenvalue weighted by Crippen LogP contribution is 2.19. The van der Waals surface area contributed by atoms with Gasteiger partial charge in [0.2, 0.25) is 0 Å². The molecule has 1 N–H and O–H groups in total. The summed E-state index contributed by atoms with van der Waals surface area (Å²) in [6.07, 6.45) is 0. The summed E-state index contributed by atoms with van der Waals surface area (Å²) in [5.74, 6) is -0.214. The standard InChI is InChI=1S/C14H17FN2/c1-9(2)16-8-11-6-10(3)17-14-5-4-12(15)7-13(11)14/h4-7,9,16H,8H2,1-3H3. The van der Waals surface area contributed by atoms with E-state index < -0.39 is 0 Å². The van der Waals surface area contributed by atoms with Crippen molar-refractivity contribution in [1.82, 2.24) is 10.3 Å². The molecule has 0 saturated heterocycles. The van der Waals surface area contributed by atoms with E-state index in [0.29, 0.717) is 6.04 Å². The molecule has 1 aromatic carbocycles. The summed E-state index contributed by atoms with van der Waals surface area (Å²) in [5, 5.41) is 4.24. The zero-order valence-corrected chi connectivity index (χ0v) is 10.4. The first kappa shape index (κ1) is 12.0. The SMILES string of the molecule is Cc1cc(CNC(C)C)c2cc(F)ccc2n1. The third-order valence-electron chi connectivity index (χ3n) is 2.69. The summed E-state index contributed by atoms with van der Waals surface area (Å²) < 4.78 is 13.3. The summed E-state index contributed by atoms with van der Waals surface area (Å²) in [4.78, 5) is 4.41. The number of aryl methyl sites for hydroxylation is 1. The number of hydrogen-bond acceptors (Lipinski definition) is 2. The molecule has 0 aliphatic heterocycles. The van der Waals surface area contributed by atoms with E-state index in [9.17, 15) is 4.39 Å². The minimum absolute atomic E-state index is 0.214. The molecule has 0 fully saturated rings. The van der Waals surface area contributed by atoms with Gasteiger partial charge in [0.25, 0.3) is 0 Å². The zero-order chi connectivity index (χ0) is 12.4. The number of nitrogens with zero attached hydrogens (tertiary/aromatic N) is 1. The maximum Gasteiger partial charge on any atom is 0.123 e. The summed E-state index contributed by atoms with van der Waals surface area (Å²) in [6, 6.07) is 7.16. The molecule has 0 aliphatic carbocycles. The first-order valence-electron chi connectivity index (χ1n) is 5.85. The van der Waals surface area contributed by atoms with Gasteiger partial charge in [-0.2, -0.15) is 0 Å². The summed E-state index contributed by atoms with van der Waals surface area (Å²) in [7, 11) is 0. The molecule has 0 saturated carbocycles. The average Bonchev–Trinajstić information content (AvgIpc) is 2.26. The quantitative estimate of drug-likeness (QED) is 0.879. The third-order valence-corrected chi connectivity index (χ3v) is 2.69. The van der Waals surface area contributed by atoms with E-state index in [1.165, 1.54) is 6.07 Å². The van der Waals surface area contributed by atoms with Crippen LogP contribution in [-0.2, 0) is 6.54 Å². The Morgan fingerprint density at radius 1 is 1.29 bits per heavy atom. The molecule has 2 rings (SSSR count). The van der Waals surface area contributed by atoms with Gasteiger partial charge in [0, 0.05) is 23.7 Å². The normalized spacial score (nSPS) is 11.4. The van der Waals surface area contributed by atoms with Crippen molar-refractivity contribution < 1.29 is 4.39 Å². The van der Waals surface area contributed by atoms with Gasteiger partial charge in [-0.25, -0.2) is 4.39 Å². The largest absolute Gasteiger partial charge is 0.310 e. The van der Waals surface area contributed by atoms with Crippen LogP contribution in [0.25, 0.3) is 10.9 Å². The highest BCUT2D eigenvalue weighted by Gasteiger charge is 2.05. The van der Waals surface area contributed by atoms with Crippen molar-refractivity contribution in [3.05, 3.63) is 41.3 Å². The van der Waals surface area contributed by atoms with E-state index in [2.05, 4.69) is 24.1 Å². The molecule has 1 aromatic heterocycles. The number of fused-ring (bicyclic) bond motifs is 1. The molecule has 0 atom stereocenters. The number of nitrogens with one attached hydrogen (secondary N) is 1. The van der Waals surface area contributed by atoms with Gasteiger partial charge in [-0.05, 0) is 36.8 Å². The number of halogens is 1. The van der Waals surface area contributed by atoms with Crippen LogP contribution in [0.15, 0.2) is 24.3 Å². The predicted molar refractivity (Wildman–Crippen MR) is 68.4 cm³/mol. The lowest BCUT2D eigenvalue weighted by molar-refractivity contribution is 0.590. The number of aromatic nitrogens is 1. The number of pyridine rings is 1. The molecule has 17 heavy (non-hydrogen) atoms. The topological polar surface area (TPSA) is 24.9 Å². The van der Waals surface area contributed by atoms with Gasteiger partial charge >= 0.3 is 0 Å². The van der Waals surface area contributed by atoms with E-state index in [1.807, 2.05) is 13.0 Å². The zero-order valence-electron chi connectivity index (χ0n) is 10.4. The number of rotatable bonds is 3. The molecule has 2 nitrogen and oxygen atoms in total. The van der Waals surface area contributed by atoms with Crippen LogP contribution in [0.1, 0.15) is 25.1 Å². The second-order valence-electron chi connectivity index (χ2n) is 4.62. The Balaban J connectivity index is 2.48. The molecular weight excluding hydrogens is 215 g/mol. The fraction of sp³-hybridized carbons (Fsp3) is 0.357. The second-order valence-corrected chi connectivity index (χ2v) is 4.62. The van der Waals surface area contributed by atoms with Crippen molar-refractivity contribution in [2.24, 2.45) is 0 Å². The van der Waals surface area contributed by atoms with Crippen LogP contribution in [0.3, 0.4) is 0 Å². The van der Waals surface area contributed by atoms with Crippen LogP contribution in [0, 0.1) is 12.7 Å². The van der Waals surface area contributed by atoms with E-state index in [0.717, 1.165) is 28.7 Å². The summed E-state index contributed by atoms with van der Waals surface area (Å²) >= 11 is 0. The van der Waals surface area contributed by atoms with Gasteiger partial charge in [0.05, 0.1) is 5.52 Å². The molecular formula is C14H17FN2. The Labute approximate surface area is 101 Å². The van der Waals surface area contributed by atoms with Gasteiger partial charge < -0.3 is 5.32 Å². The fourth-order valence-corrected chi connectivity index (χ4v) is 1.88. The van der Waals surface area contributed by atoms with E-state index >= 15 is 0 Å². The molecule has 0 aliphatic rings. The average molecular weight is 232 g/mol. The molecule has 90 valence electrons. The van der Waals surface area contributed by atoms with Gasteiger partial charge in [0.15, 0.2) is 0 Å². The molecule has 0 amide bonds. The second kappa shape index (κ2) is 4.80. The van der Waals surface area contributed by atoms with Crippen molar-refractivity contribution in [2.45, 2.75) is 33.4 Å². The fourth-order valence-electron chi connectivity index (χ4n) is 1.88. The molecule has 0 radical (unpaired) electrons. The van der Waals surface area contributed by atoms with Crippen molar-refractivity contribution >= 4 is 10.9 Å². The van der Waals surface area contributed by atoms with Gasteiger partial charge in [0.1, 0.15) is 5.82 Å². The summed E-state index contributed by atoms with van der Waals surface area (Å²) in [6.45, 7) is 6.89. The smallest absolute Gasteiger partial charge is 0.123 e. The van der Waals surface area contributed by atoms with Crippen LogP contribution in [0.5, 0.6) is 0 Å².